The van der Waals surface area contributed by atoms with E-state index in [1.54, 1.807) is 13.1 Å². The Morgan fingerprint density at radius 2 is 2.14 bits per heavy atom. The summed E-state index contributed by atoms with van der Waals surface area (Å²) >= 11 is 3.38. The minimum Gasteiger partial charge on any atom is -0.310 e. The average Bonchev–Trinajstić information content (AvgIpc) is 3.19. The Kier molecular flexibility index (Phi) is 5.24. The van der Waals surface area contributed by atoms with Crippen LogP contribution in [0.5, 0.6) is 0 Å². The first-order valence-electron chi connectivity index (χ1n) is 6.93. The summed E-state index contributed by atoms with van der Waals surface area (Å²) in [6.45, 7) is 6.66. The van der Waals surface area contributed by atoms with E-state index < -0.39 is 10.0 Å². The van der Waals surface area contributed by atoms with E-state index in [1.165, 1.54) is 17.1 Å². The van der Waals surface area contributed by atoms with Gasteiger partial charge in [0.05, 0.1) is 4.90 Å². The summed E-state index contributed by atoms with van der Waals surface area (Å²) in [6.07, 6.45) is 2.47. The van der Waals surface area contributed by atoms with Crippen LogP contribution in [0.15, 0.2) is 39.7 Å². The van der Waals surface area contributed by atoms with Crippen molar-refractivity contribution in [3.05, 3.63) is 40.4 Å². The summed E-state index contributed by atoms with van der Waals surface area (Å²) in [5, 5.41) is 3.41. The van der Waals surface area contributed by atoms with Crippen molar-refractivity contribution in [2.75, 3.05) is 13.6 Å². The molecule has 1 aliphatic carbocycles. The predicted octanol–water partition coefficient (Wildman–Crippen LogP) is 2.90. The fraction of sp³-hybridized carbons (Fsp3) is 0.467. The number of nitrogens with zero attached hydrogens (tertiary/aromatic N) is 1. The Hall–Kier alpha value is -0.690. The van der Waals surface area contributed by atoms with Crippen molar-refractivity contribution in [2.24, 2.45) is 0 Å². The molecule has 0 atom stereocenters. The quantitative estimate of drug-likeness (QED) is 0.748. The van der Waals surface area contributed by atoms with E-state index in [1.807, 2.05) is 19.1 Å². The van der Waals surface area contributed by atoms with Crippen molar-refractivity contribution in [3.63, 3.8) is 0 Å². The number of halogens is 1. The minimum absolute atomic E-state index is 0.293. The third-order valence-electron chi connectivity index (χ3n) is 3.35. The third-order valence-corrected chi connectivity index (χ3v) is 6.13. The van der Waals surface area contributed by atoms with Crippen molar-refractivity contribution >= 4 is 26.0 Å². The average molecular weight is 373 g/mol. The Bertz CT molecular complexity index is 639. The van der Waals surface area contributed by atoms with E-state index in [4.69, 9.17) is 0 Å². The first-order valence-corrected chi connectivity index (χ1v) is 9.16. The van der Waals surface area contributed by atoms with E-state index in [0.717, 1.165) is 17.7 Å². The second-order valence-electron chi connectivity index (χ2n) is 5.64. The topological polar surface area (TPSA) is 49.4 Å². The molecule has 0 amide bonds. The number of rotatable bonds is 7. The van der Waals surface area contributed by atoms with Gasteiger partial charge in [-0.05, 0) is 53.4 Å². The third kappa shape index (κ3) is 4.39. The molecule has 0 heterocycles. The lowest BCUT2D eigenvalue weighted by molar-refractivity contribution is 0.492. The molecule has 0 radical (unpaired) electrons. The molecule has 0 bridgehead atoms. The highest BCUT2D eigenvalue weighted by atomic mass is 79.9. The van der Waals surface area contributed by atoms with Crippen LogP contribution in [-0.2, 0) is 16.6 Å². The first kappa shape index (κ1) is 16.7. The molecule has 0 saturated heterocycles. The van der Waals surface area contributed by atoms with E-state index in [9.17, 15) is 8.42 Å². The van der Waals surface area contributed by atoms with Crippen molar-refractivity contribution in [1.82, 2.24) is 9.62 Å². The van der Waals surface area contributed by atoms with Crippen LogP contribution < -0.4 is 5.32 Å². The molecule has 0 aliphatic heterocycles. The number of benzene rings is 1. The summed E-state index contributed by atoms with van der Waals surface area (Å²) in [4.78, 5) is 0.293. The molecule has 4 nitrogen and oxygen atoms in total. The lowest BCUT2D eigenvalue weighted by Gasteiger charge is -2.18. The summed E-state index contributed by atoms with van der Waals surface area (Å²) < 4.78 is 27.0. The molecular formula is C15H21BrN2O2S. The van der Waals surface area contributed by atoms with Gasteiger partial charge in [-0.2, -0.15) is 4.31 Å². The molecule has 6 heteroatoms. The molecule has 0 spiro atoms. The lowest BCUT2D eigenvalue weighted by atomic mass is 10.2. The zero-order valence-electron chi connectivity index (χ0n) is 12.4. The van der Waals surface area contributed by atoms with Crippen LogP contribution in [0, 0.1) is 0 Å². The van der Waals surface area contributed by atoms with Crippen molar-refractivity contribution < 1.29 is 8.42 Å². The fourth-order valence-electron chi connectivity index (χ4n) is 2.05. The smallest absolute Gasteiger partial charge is 0.244 e. The van der Waals surface area contributed by atoms with Crippen molar-refractivity contribution in [2.45, 2.75) is 37.2 Å². The molecule has 1 aromatic rings. The standard InChI is InChI=1S/C15H21BrN2O2S/c1-11(2)10-18(3)21(19,20)15-7-4-12(8-14(15)16)9-17-13-5-6-13/h4,7-8,13,17H,1,5-6,9-10H2,2-3H3. The van der Waals surface area contributed by atoms with Gasteiger partial charge in [-0.25, -0.2) is 8.42 Å². The molecular weight excluding hydrogens is 352 g/mol. The summed E-state index contributed by atoms with van der Waals surface area (Å²) in [6, 6.07) is 6.03. The van der Waals surface area contributed by atoms with Gasteiger partial charge >= 0.3 is 0 Å². The second kappa shape index (κ2) is 6.60. The van der Waals surface area contributed by atoms with Crippen LogP contribution in [-0.4, -0.2) is 32.4 Å². The highest BCUT2D eigenvalue weighted by Gasteiger charge is 2.24. The predicted molar refractivity (Wildman–Crippen MR) is 88.6 cm³/mol. The molecule has 1 aliphatic rings. The Morgan fingerprint density at radius 1 is 1.48 bits per heavy atom. The lowest BCUT2D eigenvalue weighted by Crippen LogP contribution is -2.28. The van der Waals surface area contributed by atoms with E-state index >= 15 is 0 Å². The monoisotopic (exact) mass is 372 g/mol. The molecule has 0 unspecified atom stereocenters. The Morgan fingerprint density at radius 3 is 2.67 bits per heavy atom. The van der Waals surface area contributed by atoms with Crippen molar-refractivity contribution in [3.8, 4) is 0 Å². The number of hydrogen-bond acceptors (Lipinski definition) is 3. The molecule has 0 aromatic heterocycles. The molecule has 1 N–H and O–H groups in total. The van der Waals surface area contributed by atoms with Gasteiger partial charge in [-0.3, -0.25) is 0 Å². The molecule has 21 heavy (non-hydrogen) atoms. The molecule has 1 fully saturated rings. The van der Waals surface area contributed by atoms with Crippen LogP contribution in [0.4, 0.5) is 0 Å². The SMILES string of the molecule is C=C(C)CN(C)S(=O)(=O)c1ccc(CNC2CC2)cc1Br. The molecule has 116 valence electrons. The normalized spacial score (nSPS) is 15.4. The summed E-state index contributed by atoms with van der Waals surface area (Å²) in [5.74, 6) is 0. The van der Waals surface area contributed by atoms with Gasteiger partial charge in [0.15, 0.2) is 0 Å². The first-order chi connectivity index (χ1) is 9.80. The van der Waals surface area contributed by atoms with Crippen LogP contribution in [0.25, 0.3) is 0 Å². The van der Waals surface area contributed by atoms with Gasteiger partial charge < -0.3 is 5.32 Å². The van der Waals surface area contributed by atoms with Gasteiger partial charge in [0.1, 0.15) is 0 Å². The van der Waals surface area contributed by atoms with Gasteiger partial charge in [-0.1, -0.05) is 18.2 Å². The van der Waals surface area contributed by atoms with Crippen LogP contribution >= 0.6 is 15.9 Å². The summed E-state index contributed by atoms with van der Waals surface area (Å²) in [7, 11) is -1.93. The Labute approximate surface area is 135 Å². The van der Waals surface area contributed by atoms with E-state index in [-0.39, 0.29) is 0 Å². The van der Waals surface area contributed by atoms with Gasteiger partial charge in [0, 0.05) is 30.7 Å². The van der Waals surface area contributed by atoms with Gasteiger partial charge in [-0.15, -0.1) is 0 Å². The van der Waals surface area contributed by atoms with Crippen LogP contribution in [0.1, 0.15) is 25.3 Å². The number of hydrogen-bond donors (Lipinski definition) is 1. The van der Waals surface area contributed by atoms with E-state index in [0.29, 0.717) is 22.0 Å². The number of nitrogens with one attached hydrogen (secondary N) is 1. The molecule has 1 saturated carbocycles. The fourth-order valence-corrected chi connectivity index (χ4v) is 4.36. The molecule has 2 rings (SSSR count). The maximum Gasteiger partial charge on any atom is 0.244 e. The highest BCUT2D eigenvalue weighted by molar-refractivity contribution is 9.10. The number of sulfonamides is 1. The van der Waals surface area contributed by atoms with Gasteiger partial charge in [0.25, 0.3) is 0 Å². The largest absolute Gasteiger partial charge is 0.310 e. The summed E-state index contributed by atoms with van der Waals surface area (Å²) in [5.41, 5.74) is 1.89. The highest BCUT2D eigenvalue weighted by Crippen LogP contribution is 2.26. The molecule has 1 aromatic carbocycles. The zero-order valence-corrected chi connectivity index (χ0v) is 14.8. The van der Waals surface area contributed by atoms with Gasteiger partial charge in [0.2, 0.25) is 10.0 Å². The van der Waals surface area contributed by atoms with E-state index in [2.05, 4.69) is 27.8 Å². The van der Waals surface area contributed by atoms with Crippen LogP contribution in [0.3, 0.4) is 0 Å². The zero-order chi connectivity index (χ0) is 15.6. The Balaban J connectivity index is 2.16. The van der Waals surface area contributed by atoms with Crippen LogP contribution in [0.2, 0.25) is 0 Å². The number of likely N-dealkylation sites (N-methyl/N-ethyl adjacent to an activating group) is 1. The van der Waals surface area contributed by atoms with Crippen molar-refractivity contribution in [1.29, 1.82) is 0 Å². The second-order valence-corrected chi connectivity index (χ2v) is 8.51. The minimum atomic E-state index is -3.50. The maximum atomic E-state index is 12.5. The maximum absolute atomic E-state index is 12.5.